The van der Waals surface area contributed by atoms with Gasteiger partial charge in [-0.15, -0.1) is 0 Å². The van der Waals surface area contributed by atoms with Gasteiger partial charge in [0.1, 0.15) is 0 Å². The molecule has 0 N–H and O–H groups in total. The number of hydrogen-bond acceptors (Lipinski definition) is 2. The number of aromatic nitrogens is 3. The predicted octanol–water partition coefficient (Wildman–Crippen LogP) is 12.0. The van der Waals surface area contributed by atoms with Crippen molar-refractivity contribution in [1.82, 2.24) is 14.5 Å². The molecule has 0 aliphatic carbocycles. The predicted molar refractivity (Wildman–Crippen MR) is 205 cm³/mol. The third-order valence-electron chi connectivity index (χ3n) is 9.80. The third kappa shape index (κ3) is 4.44. The van der Waals surface area contributed by atoms with E-state index in [1.165, 1.54) is 54.2 Å². The summed E-state index contributed by atoms with van der Waals surface area (Å²) in [5.41, 5.74) is 8.51. The van der Waals surface area contributed by atoms with E-state index in [4.69, 9.17) is 9.97 Å². The Morgan fingerprint density at radius 1 is 0.286 bits per heavy atom. The van der Waals surface area contributed by atoms with Gasteiger partial charge in [0.05, 0.1) is 22.4 Å². The summed E-state index contributed by atoms with van der Waals surface area (Å²) in [7, 11) is 0. The van der Waals surface area contributed by atoms with E-state index in [2.05, 4.69) is 174 Å². The summed E-state index contributed by atoms with van der Waals surface area (Å²) in [4.78, 5) is 10.5. The Hall–Kier alpha value is -6.58. The highest BCUT2D eigenvalue weighted by Crippen LogP contribution is 2.39. The number of hydrogen-bond donors (Lipinski definition) is 0. The quantitative estimate of drug-likeness (QED) is 0.183. The highest BCUT2D eigenvalue weighted by Gasteiger charge is 2.17. The van der Waals surface area contributed by atoms with Crippen LogP contribution in [-0.2, 0) is 0 Å². The van der Waals surface area contributed by atoms with Crippen molar-refractivity contribution >= 4 is 54.1 Å². The Morgan fingerprint density at radius 3 is 1.31 bits per heavy atom. The van der Waals surface area contributed by atoms with E-state index in [0.29, 0.717) is 5.95 Å². The van der Waals surface area contributed by atoms with Crippen molar-refractivity contribution < 1.29 is 0 Å². The minimum Gasteiger partial charge on any atom is -0.278 e. The zero-order chi connectivity index (χ0) is 32.3. The summed E-state index contributed by atoms with van der Waals surface area (Å²) in [6, 6.07) is 62.6. The van der Waals surface area contributed by atoms with Crippen molar-refractivity contribution in [2.45, 2.75) is 0 Å². The molecule has 2 aromatic heterocycles. The molecular formula is C46H29N3. The first-order valence-electron chi connectivity index (χ1n) is 16.7. The number of fused-ring (bicyclic) bond motifs is 9. The van der Waals surface area contributed by atoms with Crippen LogP contribution in [0.25, 0.3) is 93.7 Å². The molecule has 0 aliphatic heterocycles. The third-order valence-corrected chi connectivity index (χ3v) is 9.80. The minimum atomic E-state index is 0.658. The SMILES string of the molecule is c1ccc(-c2ccc3c4ccc(-c5cc(-c6ccccc6)nc(-n6c7ccccc7c7ccccc76)n5)cc4c4ccccc4c3c2)cc1. The van der Waals surface area contributed by atoms with Crippen molar-refractivity contribution in [3.8, 4) is 39.6 Å². The maximum absolute atomic E-state index is 5.32. The van der Waals surface area contributed by atoms with Crippen LogP contribution in [0.3, 0.4) is 0 Å². The molecule has 0 spiro atoms. The molecule has 0 saturated carbocycles. The first-order chi connectivity index (χ1) is 24.3. The van der Waals surface area contributed by atoms with E-state index in [9.17, 15) is 0 Å². The van der Waals surface area contributed by atoms with Gasteiger partial charge in [-0.3, -0.25) is 4.57 Å². The highest BCUT2D eigenvalue weighted by atomic mass is 15.2. The Balaban J connectivity index is 1.23. The van der Waals surface area contributed by atoms with Crippen LogP contribution in [0.4, 0.5) is 0 Å². The second kappa shape index (κ2) is 11.0. The van der Waals surface area contributed by atoms with Gasteiger partial charge in [0.2, 0.25) is 5.95 Å². The molecule has 10 rings (SSSR count). The fraction of sp³-hybridized carbons (Fsp3) is 0. The second-order valence-corrected chi connectivity index (χ2v) is 12.6. The van der Waals surface area contributed by atoms with Crippen LogP contribution < -0.4 is 0 Å². The van der Waals surface area contributed by atoms with Crippen molar-refractivity contribution in [3.05, 3.63) is 176 Å². The zero-order valence-electron chi connectivity index (χ0n) is 26.6. The van der Waals surface area contributed by atoms with Gasteiger partial charge in [-0.1, -0.05) is 146 Å². The monoisotopic (exact) mass is 623 g/mol. The van der Waals surface area contributed by atoms with E-state index >= 15 is 0 Å². The standard InChI is InChI=1S/C46H29N3/c1-3-13-30(14-4-1)32-23-25-36-37-26-24-33(28-41(37)35-18-8-7-17-34(35)40(36)27-32)43-29-42(31-15-5-2-6-16-31)47-46(48-43)49-44-21-11-9-19-38(44)39-20-10-12-22-45(39)49/h1-29H. The van der Waals surface area contributed by atoms with E-state index < -0.39 is 0 Å². The topological polar surface area (TPSA) is 30.7 Å². The Morgan fingerprint density at radius 2 is 0.714 bits per heavy atom. The summed E-state index contributed by atoms with van der Waals surface area (Å²) in [6.07, 6.45) is 0. The van der Waals surface area contributed by atoms with Gasteiger partial charge in [-0.2, -0.15) is 0 Å². The molecule has 0 unspecified atom stereocenters. The van der Waals surface area contributed by atoms with E-state index in [1.807, 2.05) is 6.07 Å². The first-order valence-corrected chi connectivity index (χ1v) is 16.7. The summed E-state index contributed by atoms with van der Waals surface area (Å²) in [5, 5.41) is 9.82. The highest BCUT2D eigenvalue weighted by molar-refractivity contribution is 6.26. The lowest BCUT2D eigenvalue weighted by atomic mass is 9.91. The maximum Gasteiger partial charge on any atom is 0.235 e. The summed E-state index contributed by atoms with van der Waals surface area (Å²) in [5.74, 6) is 0.658. The lowest BCUT2D eigenvalue weighted by Gasteiger charge is -2.14. The number of benzene rings is 8. The van der Waals surface area contributed by atoms with Crippen LogP contribution in [0.2, 0.25) is 0 Å². The fourth-order valence-corrected chi connectivity index (χ4v) is 7.50. The lowest BCUT2D eigenvalue weighted by molar-refractivity contribution is 0.996. The van der Waals surface area contributed by atoms with Gasteiger partial charge >= 0.3 is 0 Å². The molecule has 0 radical (unpaired) electrons. The molecule has 8 aromatic carbocycles. The molecule has 0 amide bonds. The first kappa shape index (κ1) is 27.5. The lowest BCUT2D eigenvalue weighted by Crippen LogP contribution is -2.04. The average molecular weight is 624 g/mol. The molecule has 49 heavy (non-hydrogen) atoms. The van der Waals surface area contributed by atoms with Gasteiger partial charge in [-0.05, 0) is 73.8 Å². The molecular weight excluding hydrogens is 595 g/mol. The molecule has 0 aliphatic rings. The van der Waals surface area contributed by atoms with Gasteiger partial charge in [0.15, 0.2) is 0 Å². The molecule has 2 heterocycles. The largest absolute Gasteiger partial charge is 0.278 e. The van der Waals surface area contributed by atoms with Crippen LogP contribution >= 0.6 is 0 Å². The van der Waals surface area contributed by atoms with Crippen LogP contribution in [0.1, 0.15) is 0 Å². The molecule has 3 nitrogen and oxygen atoms in total. The van der Waals surface area contributed by atoms with Crippen LogP contribution in [-0.4, -0.2) is 14.5 Å². The number of para-hydroxylation sites is 2. The molecule has 0 saturated heterocycles. The maximum atomic E-state index is 5.32. The second-order valence-electron chi connectivity index (χ2n) is 12.6. The van der Waals surface area contributed by atoms with Gasteiger partial charge in [-0.25, -0.2) is 9.97 Å². The van der Waals surface area contributed by atoms with Crippen molar-refractivity contribution in [2.24, 2.45) is 0 Å². The number of rotatable bonds is 4. The van der Waals surface area contributed by atoms with Crippen LogP contribution in [0.15, 0.2) is 176 Å². The fourth-order valence-electron chi connectivity index (χ4n) is 7.50. The summed E-state index contributed by atoms with van der Waals surface area (Å²) < 4.78 is 2.20. The minimum absolute atomic E-state index is 0.658. The van der Waals surface area contributed by atoms with Gasteiger partial charge in [0, 0.05) is 21.9 Å². The Kier molecular flexibility index (Phi) is 6.18. The van der Waals surface area contributed by atoms with Crippen molar-refractivity contribution in [2.75, 3.05) is 0 Å². The Bertz CT molecular complexity index is 2800. The average Bonchev–Trinajstić information content (AvgIpc) is 3.52. The Labute approximate surface area is 283 Å². The van der Waals surface area contributed by atoms with E-state index in [1.54, 1.807) is 0 Å². The smallest absolute Gasteiger partial charge is 0.235 e. The molecule has 0 fully saturated rings. The molecule has 3 heteroatoms. The van der Waals surface area contributed by atoms with E-state index in [-0.39, 0.29) is 0 Å². The van der Waals surface area contributed by atoms with Gasteiger partial charge in [0.25, 0.3) is 0 Å². The molecule has 0 bridgehead atoms. The number of nitrogens with zero attached hydrogens (tertiary/aromatic N) is 3. The van der Waals surface area contributed by atoms with Crippen LogP contribution in [0.5, 0.6) is 0 Å². The van der Waals surface area contributed by atoms with E-state index in [0.717, 1.165) is 33.5 Å². The normalized spacial score (nSPS) is 11.7. The van der Waals surface area contributed by atoms with Gasteiger partial charge < -0.3 is 0 Å². The zero-order valence-corrected chi connectivity index (χ0v) is 26.6. The molecule has 228 valence electrons. The summed E-state index contributed by atoms with van der Waals surface area (Å²) in [6.45, 7) is 0. The van der Waals surface area contributed by atoms with Crippen molar-refractivity contribution in [1.29, 1.82) is 0 Å². The summed E-state index contributed by atoms with van der Waals surface area (Å²) >= 11 is 0. The molecule has 0 atom stereocenters. The van der Waals surface area contributed by atoms with Crippen LogP contribution in [0, 0.1) is 0 Å². The van der Waals surface area contributed by atoms with Crippen molar-refractivity contribution in [3.63, 3.8) is 0 Å². The molecule has 10 aromatic rings.